The molecule has 0 radical (unpaired) electrons. The Morgan fingerprint density at radius 3 is 1.20 bits per heavy atom. The first-order valence-corrected chi connectivity index (χ1v) is 22.3. The Kier molecular flexibility index (Phi) is 8.81. The minimum Gasteiger partial charge on any atom is -0.457 e. The monoisotopic (exact) mass is 845 g/mol. The first-order chi connectivity index (χ1) is 32.7. The summed E-state index contributed by atoms with van der Waals surface area (Å²) in [6.45, 7) is 0. The molecular weight excluding hydrogens is 807 g/mol. The van der Waals surface area contributed by atoms with Gasteiger partial charge in [-0.05, 0) is 77.7 Å². The van der Waals surface area contributed by atoms with Gasteiger partial charge in [0.25, 0.3) is 0 Å². The number of aromatic nitrogens is 5. The van der Waals surface area contributed by atoms with Crippen molar-refractivity contribution in [2.24, 2.45) is 0 Å². The van der Waals surface area contributed by atoms with E-state index in [0.29, 0.717) is 17.5 Å². The van der Waals surface area contributed by atoms with Crippen LogP contribution in [0.25, 0.3) is 106 Å². The molecule has 0 N–H and O–H groups in total. The quantitative estimate of drug-likeness (QED) is 0.160. The van der Waals surface area contributed by atoms with Crippen molar-refractivity contribution in [3.05, 3.63) is 236 Å². The maximum Gasteiger partial charge on any atom is 0.164 e. The molecule has 6 nitrogen and oxygen atoms in total. The van der Waals surface area contributed by atoms with Crippen molar-refractivity contribution in [1.82, 2.24) is 24.1 Å². The number of allylic oxidation sites excluding steroid dienone is 1. The second-order valence-corrected chi connectivity index (χ2v) is 16.8. The van der Waals surface area contributed by atoms with Gasteiger partial charge in [0.1, 0.15) is 11.5 Å². The zero-order valence-electron chi connectivity index (χ0n) is 35.7. The molecule has 0 saturated heterocycles. The van der Waals surface area contributed by atoms with Crippen molar-refractivity contribution < 1.29 is 4.74 Å². The molecule has 0 amide bonds. The van der Waals surface area contributed by atoms with Crippen molar-refractivity contribution in [1.29, 1.82) is 0 Å². The Morgan fingerprint density at radius 1 is 0.333 bits per heavy atom. The van der Waals surface area contributed by atoms with Crippen LogP contribution < -0.4 is 4.74 Å². The van der Waals surface area contributed by atoms with Gasteiger partial charge in [0.15, 0.2) is 17.5 Å². The van der Waals surface area contributed by atoms with Gasteiger partial charge in [-0.2, -0.15) is 0 Å². The van der Waals surface area contributed by atoms with Gasteiger partial charge in [0, 0.05) is 55.2 Å². The molecule has 0 bridgehead atoms. The first kappa shape index (κ1) is 37.7. The van der Waals surface area contributed by atoms with E-state index < -0.39 is 0 Å². The van der Waals surface area contributed by atoms with Crippen molar-refractivity contribution >= 4 is 49.4 Å². The highest BCUT2D eigenvalue weighted by molar-refractivity contribution is 6.10. The molecule has 1 aliphatic rings. The molecule has 4 heterocycles. The van der Waals surface area contributed by atoms with E-state index in [1.54, 1.807) is 0 Å². The molecule has 0 unspecified atom stereocenters. The molecule has 310 valence electrons. The molecule has 6 heteroatoms. The van der Waals surface area contributed by atoms with E-state index in [-0.39, 0.29) is 0 Å². The van der Waals surface area contributed by atoms with E-state index in [1.165, 1.54) is 43.6 Å². The molecule has 1 aliphatic heterocycles. The highest BCUT2D eigenvalue weighted by atomic mass is 16.5. The van der Waals surface area contributed by atoms with Gasteiger partial charge in [0.2, 0.25) is 0 Å². The van der Waals surface area contributed by atoms with E-state index in [9.17, 15) is 0 Å². The average molecular weight is 846 g/mol. The number of nitrogens with zero attached hydrogens (tertiary/aromatic N) is 5. The molecule has 12 aromatic rings. The van der Waals surface area contributed by atoms with Gasteiger partial charge < -0.3 is 13.9 Å². The topological polar surface area (TPSA) is 57.8 Å². The van der Waals surface area contributed by atoms with Crippen LogP contribution in [-0.2, 0) is 6.42 Å². The van der Waals surface area contributed by atoms with Gasteiger partial charge in [-0.25, -0.2) is 15.0 Å². The maximum absolute atomic E-state index is 6.82. The summed E-state index contributed by atoms with van der Waals surface area (Å²) in [6, 6.07) is 76.9. The van der Waals surface area contributed by atoms with E-state index in [1.807, 2.05) is 60.7 Å². The summed E-state index contributed by atoms with van der Waals surface area (Å²) >= 11 is 0. The highest BCUT2D eigenvalue weighted by Gasteiger charge is 2.20. The van der Waals surface area contributed by atoms with Crippen LogP contribution in [-0.4, -0.2) is 24.1 Å². The predicted molar refractivity (Wildman–Crippen MR) is 269 cm³/mol. The number of hydrogen-bond donors (Lipinski definition) is 0. The minimum atomic E-state index is 0.617. The van der Waals surface area contributed by atoms with Crippen LogP contribution in [0.2, 0.25) is 0 Å². The largest absolute Gasteiger partial charge is 0.457 e. The molecule has 3 aromatic heterocycles. The van der Waals surface area contributed by atoms with Crippen molar-refractivity contribution in [3.8, 4) is 62.4 Å². The van der Waals surface area contributed by atoms with Gasteiger partial charge in [-0.3, -0.25) is 0 Å². The summed E-state index contributed by atoms with van der Waals surface area (Å²) in [6.07, 6.45) is 2.93. The first-order valence-electron chi connectivity index (χ1n) is 22.3. The van der Waals surface area contributed by atoms with Crippen LogP contribution in [0.4, 0.5) is 0 Å². The third-order valence-corrected chi connectivity index (χ3v) is 12.8. The lowest BCUT2D eigenvalue weighted by molar-refractivity contribution is 0.499. The summed E-state index contributed by atoms with van der Waals surface area (Å²) in [4.78, 5) is 14.8. The van der Waals surface area contributed by atoms with Crippen molar-refractivity contribution in [2.45, 2.75) is 6.42 Å². The van der Waals surface area contributed by atoms with Crippen molar-refractivity contribution in [2.75, 3.05) is 0 Å². The fourth-order valence-corrected chi connectivity index (χ4v) is 9.68. The number of fused-ring (bicyclic) bond motifs is 7. The Hall–Kier alpha value is -8.87. The third kappa shape index (κ3) is 6.38. The molecule has 9 aromatic carbocycles. The zero-order valence-corrected chi connectivity index (χ0v) is 35.7. The number of hydrogen-bond acceptors (Lipinski definition) is 4. The van der Waals surface area contributed by atoms with Crippen LogP contribution >= 0.6 is 0 Å². The second kappa shape index (κ2) is 15.4. The van der Waals surface area contributed by atoms with E-state index in [0.717, 1.165) is 68.2 Å². The molecule has 0 saturated carbocycles. The third-order valence-electron chi connectivity index (χ3n) is 12.8. The Balaban J connectivity index is 0.893. The maximum atomic E-state index is 6.82. The molecule has 0 fully saturated rings. The SMILES string of the molecule is C1=C(c2ccc(-c3nc(-c4ccccc4)nc(-c4ccccc4)n3)cc2)Oc2cc(-c3cc(-n4c5ccccc5c5ccccc54)cc(-n4c5ccccc5c5ccccc54)c3)ccc2C1. The van der Waals surface area contributed by atoms with Crippen LogP contribution in [0.5, 0.6) is 5.75 Å². The number of benzene rings is 9. The average Bonchev–Trinajstić information content (AvgIpc) is 3.92. The van der Waals surface area contributed by atoms with E-state index in [2.05, 4.69) is 173 Å². The molecule has 0 aliphatic carbocycles. The summed E-state index contributed by atoms with van der Waals surface area (Å²) < 4.78 is 11.6. The summed E-state index contributed by atoms with van der Waals surface area (Å²) in [7, 11) is 0. The van der Waals surface area contributed by atoms with Gasteiger partial charge in [0.05, 0.1) is 22.1 Å². The standard InChI is InChI=1S/C60H39N5O/c1-3-15-41(16-4-1)58-61-59(42-17-5-2-6-18-42)63-60(62-58)43-30-27-39(28-31-43)56-34-33-40-29-32-44(37-57(40)66-56)45-35-46(64-52-23-11-7-19-48(52)49-20-8-12-24-53(49)64)38-47(36-45)65-54-25-13-9-21-50(54)51-22-10-14-26-55(51)65/h1-32,34-38H,33H2. The molecule has 13 rings (SSSR count). The highest BCUT2D eigenvalue weighted by Crippen LogP contribution is 2.40. The fourth-order valence-electron chi connectivity index (χ4n) is 9.68. The van der Waals surface area contributed by atoms with Crippen molar-refractivity contribution in [3.63, 3.8) is 0 Å². The Bertz CT molecular complexity index is 3570. The lowest BCUT2D eigenvalue weighted by atomic mass is 9.98. The molecule has 66 heavy (non-hydrogen) atoms. The predicted octanol–water partition coefficient (Wildman–Crippen LogP) is 14.7. The summed E-state index contributed by atoms with van der Waals surface area (Å²) in [5, 5.41) is 4.92. The minimum absolute atomic E-state index is 0.617. The van der Waals surface area contributed by atoms with Crippen LogP contribution in [0.3, 0.4) is 0 Å². The fraction of sp³-hybridized carbons (Fsp3) is 0.0167. The number of ether oxygens (including phenoxy) is 1. The zero-order chi connectivity index (χ0) is 43.6. The van der Waals surface area contributed by atoms with Gasteiger partial charge in [-0.15, -0.1) is 0 Å². The molecule has 0 spiro atoms. The number of rotatable bonds is 7. The summed E-state index contributed by atoms with van der Waals surface area (Å²) in [5.41, 5.74) is 13.9. The Morgan fingerprint density at radius 2 is 0.727 bits per heavy atom. The lowest BCUT2D eigenvalue weighted by Gasteiger charge is -2.20. The lowest BCUT2D eigenvalue weighted by Crippen LogP contribution is -2.05. The smallest absolute Gasteiger partial charge is 0.164 e. The van der Waals surface area contributed by atoms with Crippen LogP contribution in [0, 0.1) is 0 Å². The van der Waals surface area contributed by atoms with Gasteiger partial charge >= 0.3 is 0 Å². The normalized spacial score (nSPS) is 12.4. The van der Waals surface area contributed by atoms with Gasteiger partial charge in [-0.1, -0.05) is 170 Å². The Labute approximate surface area is 381 Å². The van der Waals surface area contributed by atoms with Crippen LogP contribution in [0.1, 0.15) is 11.1 Å². The summed E-state index contributed by atoms with van der Waals surface area (Å²) in [5.74, 6) is 3.56. The second-order valence-electron chi connectivity index (χ2n) is 16.8. The number of para-hydroxylation sites is 4. The van der Waals surface area contributed by atoms with Crippen LogP contribution in [0.15, 0.2) is 224 Å². The van der Waals surface area contributed by atoms with E-state index in [4.69, 9.17) is 19.7 Å². The molecule has 0 atom stereocenters. The molecular formula is C60H39N5O. The van der Waals surface area contributed by atoms with E-state index >= 15 is 0 Å².